The molecule has 1 N–H and O–H groups in total. The maximum absolute atomic E-state index is 12.6. The summed E-state index contributed by atoms with van der Waals surface area (Å²) in [5.74, 6) is 0.530. The molecule has 0 spiro atoms. The first-order valence-corrected chi connectivity index (χ1v) is 16.9. The minimum absolute atomic E-state index is 0.0573. The summed E-state index contributed by atoms with van der Waals surface area (Å²) in [6, 6.07) is 13.8. The molecular formula is C31H43N2O10PS. The number of thiazole rings is 1. The quantitative estimate of drug-likeness (QED) is 0.125. The highest BCUT2D eigenvalue weighted by atomic mass is 32.1. The lowest BCUT2D eigenvalue weighted by atomic mass is 10.2. The van der Waals surface area contributed by atoms with Crippen LogP contribution in [0.4, 0.5) is 5.13 Å². The molecule has 0 bridgehead atoms. The van der Waals surface area contributed by atoms with Crippen LogP contribution in [0.5, 0.6) is 11.5 Å². The van der Waals surface area contributed by atoms with Gasteiger partial charge in [-0.15, -0.1) is 11.3 Å². The zero-order chi connectivity index (χ0) is 33.2. The maximum Gasteiger partial charge on any atom is 0.337 e. The molecule has 45 heavy (non-hydrogen) atoms. The van der Waals surface area contributed by atoms with Crippen LogP contribution in [0.15, 0.2) is 53.9 Å². The monoisotopic (exact) mass is 666 g/mol. The van der Waals surface area contributed by atoms with E-state index in [1.165, 1.54) is 18.4 Å². The molecule has 3 aromatic rings. The van der Waals surface area contributed by atoms with Gasteiger partial charge in [-0.05, 0) is 64.1 Å². The van der Waals surface area contributed by atoms with E-state index in [1.807, 2.05) is 13.8 Å². The lowest BCUT2D eigenvalue weighted by Crippen LogP contribution is -2.18. The third-order valence-corrected chi connectivity index (χ3v) is 8.43. The fourth-order valence-electron chi connectivity index (χ4n) is 3.85. The number of carbonyl (C=O) groups is 2. The lowest BCUT2D eigenvalue weighted by molar-refractivity contribution is 0.0598. The van der Waals surface area contributed by atoms with Crippen LogP contribution in [0, 0.1) is 0 Å². The summed E-state index contributed by atoms with van der Waals surface area (Å²) in [6.45, 7) is 8.82. The minimum atomic E-state index is -3.24. The van der Waals surface area contributed by atoms with Gasteiger partial charge in [-0.3, -0.25) is 14.7 Å². The van der Waals surface area contributed by atoms with Gasteiger partial charge in [0.25, 0.3) is 5.91 Å². The largest absolute Gasteiger partial charge is 0.488 e. The van der Waals surface area contributed by atoms with E-state index in [0.717, 1.165) is 0 Å². The molecule has 14 heteroatoms. The highest BCUT2D eigenvalue weighted by molar-refractivity contribution is 7.53. The predicted octanol–water partition coefficient (Wildman–Crippen LogP) is 6.46. The SMILES string of the molecule is CCOP(=O)(Cc1csc(NC(=O)c2cccc(O[C@@H](C)COC)c2)n1)OCC.COC[C@H](C)Oc1cccc(C(=O)OC)c1. The molecule has 0 aliphatic rings. The number of benzene rings is 2. The highest BCUT2D eigenvalue weighted by Gasteiger charge is 2.26. The van der Waals surface area contributed by atoms with Crippen LogP contribution in [0.2, 0.25) is 0 Å². The van der Waals surface area contributed by atoms with Crippen LogP contribution in [-0.2, 0) is 34.0 Å². The number of hydrogen-bond donors (Lipinski definition) is 1. The van der Waals surface area contributed by atoms with Crippen LogP contribution in [0.1, 0.15) is 54.1 Å². The van der Waals surface area contributed by atoms with Crippen LogP contribution < -0.4 is 14.8 Å². The number of ether oxygens (including phenoxy) is 5. The van der Waals surface area contributed by atoms with E-state index in [-0.39, 0.29) is 43.5 Å². The summed E-state index contributed by atoms with van der Waals surface area (Å²) < 4.78 is 49.1. The Kier molecular flexibility index (Phi) is 16.8. The van der Waals surface area contributed by atoms with Crippen molar-refractivity contribution in [1.82, 2.24) is 4.98 Å². The minimum Gasteiger partial charge on any atom is -0.488 e. The molecule has 1 heterocycles. The van der Waals surface area contributed by atoms with Gasteiger partial charge in [0.05, 0.1) is 51.0 Å². The number of carbonyl (C=O) groups excluding carboxylic acids is 2. The third-order valence-electron chi connectivity index (χ3n) is 5.61. The number of aromatic nitrogens is 1. The molecule has 2 aromatic carbocycles. The van der Waals surface area contributed by atoms with Crippen molar-refractivity contribution < 1.29 is 46.9 Å². The second-order valence-electron chi connectivity index (χ2n) is 9.52. The van der Waals surface area contributed by atoms with Crippen LogP contribution in [-0.4, -0.2) is 76.8 Å². The van der Waals surface area contributed by atoms with E-state index < -0.39 is 7.60 Å². The summed E-state index contributed by atoms with van der Waals surface area (Å²) in [7, 11) is 1.33. The van der Waals surface area contributed by atoms with Gasteiger partial charge < -0.3 is 32.7 Å². The van der Waals surface area contributed by atoms with Crippen molar-refractivity contribution >= 4 is 35.9 Å². The average molecular weight is 667 g/mol. The number of rotatable bonds is 17. The van der Waals surface area contributed by atoms with E-state index in [1.54, 1.807) is 82.0 Å². The topological polar surface area (TPSA) is 141 Å². The van der Waals surface area contributed by atoms with Crippen molar-refractivity contribution in [1.29, 1.82) is 0 Å². The second-order valence-corrected chi connectivity index (χ2v) is 12.4. The number of hydrogen-bond acceptors (Lipinski definition) is 12. The van der Waals surface area contributed by atoms with Crippen molar-refractivity contribution in [2.75, 3.05) is 53.1 Å². The van der Waals surface area contributed by atoms with Gasteiger partial charge in [-0.1, -0.05) is 12.1 Å². The van der Waals surface area contributed by atoms with E-state index in [4.69, 9.17) is 28.0 Å². The molecular weight excluding hydrogens is 623 g/mol. The molecule has 0 unspecified atom stereocenters. The second kappa shape index (κ2) is 19.9. The third kappa shape index (κ3) is 13.7. The normalized spacial score (nSPS) is 12.3. The summed E-state index contributed by atoms with van der Waals surface area (Å²) in [5.41, 5.74) is 1.46. The number of amides is 1. The summed E-state index contributed by atoms with van der Waals surface area (Å²) in [5, 5.41) is 4.89. The Morgan fingerprint density at radius 3 is 1.91 bits per heavy atom. The Morgan fingerprint density at radius 2 is 1.40 bits per heavy atom. The number of methoxy groups -OCH3 is 3. The average Bonchev–Trinajstić information content (AvgIpc) is 3.43. The van der Waals surface area contributed by atoms with Gasteiger partial charge in [0.1, 0.15) is 23.7 Å². The zero-order valence-corrected chi connectivity index (χ0v) is 28.5. The molecule has 12 nitrogen and oxygen atoms in total. The first-order chi connectivity index (χ1) is 21.6. The van der Waals surface area contributed by atoms with Crippen LogP contribution in [0.25, 0.3) is 0 Å². The van der Waals surface area contributed by atoms with E-state index in [9.17, 15) is 14.2 Å². The van der Waals surface area contributed by atoms with E-state index >= 15 is 0 Å². The summed E-state index contributed by atoms with van der Waals surface area (Å²) >= 11 is 1.25. The fourth-order valence-corrected chi connectivity index (χ4v) is 6.29. The Hall–Kier alpha value is -3.32. The van der Waals surface area contributed by atoms with Gasteiger partial charge in [0, 0.05) is 25.2 Å². The van der Waals surface area contributed by atoms with E-state index in [2.05, 4.69) is 15.0 Å². The van der Waals surface area contributed by atoms with Crippen molar-refractivity contribution in [2.45, 2.75) is 46.1 Å². The van der Waals surface area contributed by atoms with Gasteiger partial charge in [-0.2, -0.15) is 0 Å². The molecule has 0 fully saturated rings. The van der Waals surface area contributed by atoms with Crippen LogP contribution in [0.3, 0.4) is 0 Å². The molecule has 0 aliphatic carbocycles. The summed E-state index contributed by atoms with van der Waals surface area (Å²) in [4.78, 5) is 28.2. The first kappa shape index (κ1) is 37.9. The molecule has 248 valence electrons. The predicted molar refractivity (Wildman–Crippen MR) is 173 cm³/mol. The number of anilines is 1. The number of esters is 1. The van der Waals surface area contributed by atoms with Crippen molar-refractivity contribution in [2.24, 2.45) is 0 Å². The Labute approximate surface area is 268 Å². The Morgan fingerprint density at radius 1 is 0.867 bits per heavy atom. The number of nitrogens with zero attached hydrogens (tertiary/aromatic N) is 1. The fraction of sp³-hybridized carbons (Fsp3) is 0.452. The molecule has 0 aliphatic heterocycles. The number of nitrogens with one attached hydrogen (secondary N) is 1. The zero-order valence-electron chi connectivity index (χ0n) is 26.8. The standard InChI is InChI=1S/C19H27N2O6PS.C12H16O4/c1-5-25-28(23,26-6-2)12-16-13-29-19(20-16)21-18(22)15-8-7-9-17(10-15)27-14(3)11-24-4;1-9(8-14-2)16-11-6-4-5-10(7-11)12(13)15-3/h7-10,13-14H,5-6,11-12H2,1-4H3,(H,20,21,22);4-7,9H,8H2,1-3H3/t14-;9-/m00/s1. The highest BCUT2D eigenvalue weighted by Crippen LogP contribution is 2.51. The maximum atomic E-state index is 12.6. The molecule has 1 aromatic heterocycles. The van der Waals surface area contributed by atoms with Gasteiger partial charge in [-0.25, -0.2) is 9.78 Å². The first-order valence-electron chi connectivity index (χ1n) is 14.3. The smallest absolute Gasteiger partial charge is 0.337 e. The molecule has 0 saturated heterocycles. The summed E-state index contributed by atoms with van der Waals surface area (Å²) in [6.07, 6.45) is -0.133. The lowest BCUT2D eigenvalue weighted by Gasteiger charge is -2.15. The van der Waals surface area contributed by atoms with Crippen molar-refractivity contribution in [3.63, 3.8) is 0 Å². The van der Waals surface area contributed by atoms with Crippen molar-refractivity contribution in [3.05, 3.63) is 70.7 Å². The van der Waals surface area contributed by atoms with Gasteiger partial charge in [0.2, 0.25) is 0 Å². The molecule has 2 atom stereocenters. The van der Waals surface area contributed by atoms with Gasteiger partial charge in [0.15, 0.2) is 5.13 Å². The molecule has 0 radical (unpaired) electrons. The van der Waals surface area contributed by atoms with Gasteiger partial charge >= 0.3 is 13.6 Å². The van der Waals surface area contributed by atoms with E-state index in [0.29, 0.717) is 46.7 Å². The molecule has 3 rings (SSSR count). The molecule has 1 amide bonds. The Bertz CT molecular complexity index is 1380. The Balaban J connectivity index is 0.000000372. The van der Waals surface area contributed by atoms with Crippen molar-refractivity contribution in [3.8, 4) is 11.5 Å². The molecule has 0 saturated carbocycles. The van der Waals surface area contributed by atoms with Crippen LogP contribution >= 0.6 is 18.9 Å².